The quantitative estimate of drug-likeness (QED) is 0.593. The predicted octanol–water partition coefficient (Wildman–Crippen LogP) is 1.49. The molecule has 0 aromatic carbocycles. The Morgan fingerprint density at radius 1 is 1.55 bits per heavy atom. The van der Waals surface area contributed by atoms with Crippen LogP contribution in [0, 0.1) is 11.8 Å². The van der Waals surface area contributed by atoms with Crippen LogP contribution in [0.4, 0.5) is 8.78 Å². The lowest BCUT2D eigenvalue weighted by Gasteiger charge is -2.05. The Hall–Kier alpha value is -1.49. The summed E-state index contributed by atoms with van der Waals surface area (Å²) in [4.78, 5) is 12.3. The van der Waals surface area contributed by atoms with Gasteiger partial charge in [-0.25, -0.2) is 8.78 Å². The summed E-state index contributed by atoms with van der Waals surface area (Å²) >= 11 is 1.25. The fourth-order valence-electron chi connectivity index (χ4n) is 1.29. The normalized spacial score (nSPS) is 10.2. The molecule has 1 heterocycles. The van der Waals surface area contributed by atoms with E-state index in [-0.39, 0.29) is 25.7 Å². The highest BCUT2D eigenvalue weighted by atomic mass is 32.1. The molecule has 0 atom stereocenters. The number of aliphatic hydroxyl groups excluding tert-OH is 1. The van der Waals surface area contributed by atoms with Gasteiger partial charge in [-0.05, 0) is 11.4 Å². The number of halogens is 2. The molecule has 0 aliphatic carbocycles. The molecule has 0 unspecified atom stereocenters. The lowest BCUT2D eigenvalue weighted by Crippen LogP contribution is -2.27. The second-order valence-corrected chi connectivity index (χ2v) is 4.58. The Morgan fingerprint density at radius 2 is 2.35 bits per heavy atom. The Morgan fingerprint density at radius 3 is 3.05 bits per heavy atom. The van der Waals surface area contributed by atoms with Crippen LogP contribution < -0.4 is 5.32 Å². The fraction of sp³-hybridized carbons (Fsp3) is 0.462. The molecule has 20 heavy (non-hydrogen) atoms. The number of carbonyl (C=O) groups excluding carboxylic acids is 1. The van der Waals surface area contributed by atoms with Gasteiger partial charge < -0.3 is 15.2 Å². The van der Waals surface area contributed by atoms with Crippen LogP contribution in [-0.2, 0) is 4.74 Å². The maximum absolute atomic E-state index is 11.8. The molecule has 0 saturated heterocycles. The number of carbonyl (C=O) groups is 1. The van der Waals surface area contributed by atoms with Gasteiger partial charge in [0.1, 0.15) is 11.5 Å². The van der Waals surface area contributed by atoms with Crippen LogP contribution in [-0.4, -0.2) is 43.8 Å². The molecule has 1 aromatic heterocycles. The molecule has 0 aliphatic heterocycles. The Labute approximate surface area is 119 Å². The molecule has 7 heteroatoms. The van der Waals surface area contributed by atoms with Crippen molar-refractivity contribution in [2.75, 3.05) is 26.4 Å². The van der Waals surface area contributed by atoms with E-state index in [1.165, 1.54) is 11.3 Å². The van der Waals surface area contributed by atoms with Gasteiger partial charge in [-0.3, -0.25) is 4.79 Å². The van der Waals surface area contributed by atoms with Gasteiger partial charge in [-0.15, -0.1) is 11.3 Å². The van der Waals surface area contributed by atoms with Crippen molar-refractivity contribution in [1.82, 2.24) is 5.32 Å². The molecule has 0 aliphatic rings. The molecule has 0 saturated carbocycles. The summed E-state index contributed by atoms with van der Waals surface area (Å²) < 4.78 is 28.3. The largest absolute Gasteiger partial charge is 0.395 e. The van der Waals surface area contributed by atoms with E-state index >= 15 is 0 Å². The van der Waals surface area contributed by atoms with Crippen molar-refractivity contribution >= 4 is 17.2 Å². The van der Waals surface area contributed by atoms with E-state index in [1.54, 1.807) is 11.4 Å². The fourth-order valence-corrected chi connectivity index (χ4v) is 2.05. The maximum Gasteiger partial charge on any atom is 0.262 e. The molecule has 0 fully saturated rings. The summed E-state index contributed by atoms with van der Waals surface area (Å²) in [5.74, 6) is 5.23. The third kappa shape index (κ3) is 6.10. The average Bonchev–Trinajstić information content (AvgIpc) is 2.86. The van der Waals surface area contributed by atoms with E-state index in [1.807, 2.05) is 0 Å². The highest BCUT2D eigenvalue weighted by molar-refractivity contribution is 7.12. The summed E-state index contributed by atoms with van der Waals surface area (Å²) in [5, 5.41) is 12.9. The van der Waals surface area contributed by atoms with Crippen LogP contribution in [0.2, 0.25) is 0 Å². The predicted molar refractivity (Wildman–Crippen MR) is 72.1 cm³/mol. The number of ether oxygens (including phenoxy) is 1. The number of alkyl halides is 2. The van der Waals surface area contributed by atoms with E-state index in [2.05, 4.69) is 21.9 Å². The molecular formula is C13H15F2NO3S. The monoisotopic (exact) mass is 303 g/mol. The van der Waals surface area contributed by atoms with E-state index in [0.29, 0.717) is 16.9 Å². The van der Waals surface area contributed by atoms with Gasteiger partial charge >= 0.3 is 0 Å². The Bertz CT molecular complexity index is 479. The van der Waals surface area contributed by atoms with Gasteiger partial charge in [0, 0.05) is 18.5 Å². The van der Waals surface area contributed by atoms with Crippen molar-refractivity contribution in [2.45, 2.75) is 12.8 Å². The molecule has 1 amide bonds. The van der Waals surface area contributed by atoms with E-state index in [4.69, 9.17) is 5.11 Å². The van der Waals surface area contributed by atoms with Gasteiger partial charge in [-0.1, -0.05) is 11.8 Å². The summed E-state index contributed by atoms with van der Waals surface area (Å²) in [6, 6.07) is 1.72. The molecule has 0 spiro atoms. The summed E-state index contributed by atoms with van der Waals surface area (Å²) in [5.41, 5.74) is 0.592. The average molecular weight is 303 g/mol. The second-order valence-electron chi connectivity index (χ2n) is 3.66. The first-order valence-corrected chi connectivity index (χ1v) is 6.84. The van der Waals surface area contributed by atoms with Gasteiger partial charge in [0.15, 0.2) is 0 Å². The molecule has 2 N–H and O–H groups in total. The molecule has 1 rings (SSSR count). The number of nitrogens with one attached hydrogen (secondary N) is 1. The molecule has 110 valence electrons. The highest BCUT2D eigenvalue weighted by Gasteiger charge is 2.11. The van der Waals surface area contributed by atoms with Gasteiger partial charge in [0.25, 0.3) is 12.3 Å². The van der Waals surface area contributed by atoms with Gasteiger partial charge in [0.2, 0.25) is 0 Å². The van der Waals surface area contributed by atoms with Crippen LogP contribution >= 0.6 is 11.3 Å². The minimum absolute atomic E-state index is 0.0276. The third-order valence-corrected chi connectivity index (χ3v) is 3.02. The zero-order chi connectivity index (χ0) is 14.8. The SMILES string of the molecule is O=C(NCCOCC(F)F)c1sccc1C#CCCO. The molecule has 1 aromatic rings. The van der Waals surface area contributed by atoms with Crippen LogP contribution in [0.1, 0.15) is 21.7 Å². The number of thiophene rings is 1. The second kappa shape index (κ2) is 9.42. The minimum atomic E-state index is -2.50. The van der Waals surface area contributed by atoms with Crippen molar-refractivity contribution in [2.24, 2.45) is 0 Å². The smallest absolute Gasteiger partial charge is 0.262 e. The number of hydrogen-bond acceptors (Lipinski definition) is 4. The zero-order valence-corrected chi connectivity index (χ0v) is 11.5. The van der Waals surface area contributed by atoms with Crippen molar-refractivity contribution < 1.29 is 23.4 Å². The highest BCUT2D eigenvalue weighted by Crippen LogP contribution is 2.15. The lowest BCUT2D eigenvalue weighted by molar-refractivity contribution is 0.0188. The van der Waals surface area contributed by atoms with Crippen LogP contribution in [0.15, 0.2) is 11.4 Å². The van der Waals surface area contributed by atoms with Crippen molar-refractivity contribution in [3.63, 3.8) is 0 Å². The maximum atomic E-state index is 11.8. The Balaban J connectivity index is 2.40. The van der Waals surface area contributed by atoms with Gasteiger partial charge in [-0.2, -0.15) is 0 Å². The van der Waals surface area contributed by atoms with Crippen molar-refractivity contribution in [3.8, 4) is 11.8 Å². The number of rotatable bonds is 7. The topological polar surface area (TPSA) is 58.6 Å². The zero-order valence-electron chi connectivity index (χ0n) is 10.7. The molecule has 0 radical (unpaired) electrons. The van der Waals surface area contributed by atoms with Crippen molar-refractivity contribution in [3.05, 3.63) is 21.9 Å². The minimum Gasteiger partial charge on any atom is -0.395 e. The summed E-state index contributed by atoms with van der Waals surface area (Å²) in [7, 11) is 0. The van der Waals surface area contributed by atoms with Crippen LogP contribution in [0.5, 0.6) is 0 Å². The molecular weight excluding hydrogens is 288 g/mol. The van der Waals surface area contributed by atoms with Gasteiger partial charge in [0.05, 0.1) is 13.2 Å². The molecule has 4 nitrogen and oxygen atoms in total. The van der Waals surface area contributed by atoms with Crippen molar-refractivity contribution in [1.29, 1.82) is 0 Å². The first kappa shape index (κ1) is 16.6. The first-order valence-electron chi connectivity index (χ1n) is 5.96. The number of amides is 1. The van der Waals surface area contributed by atoms with E-state index in [0.717, 1.165) is 0 Å². The third-order valence-electron chi connectivity index (χ3n) is 2.11. The standard InChI is InChI=1S/C13H15F2NO3S/c14-11(15)9-19-7-5-16-13(18)12-10(4-8-20-12)3-1-2-6-17/h4,8,11,17H,2,5-7,9H2,(H,16,18). The summed E-state index contributed by atoms with van der Waals surface area (Å²) in [6.07, 6.45) is -2.16. The first-order chi connectivity index (χ1) is 9.65. The summed E-state index contributed by atoms with van der Waals surface area (Å²) in [6.45, 7) is -0.465. The lowest BCUT2D eigenvalue weighted by atomic mass is 10.2. The molecule has 0 bridgehead atoms. The number of aliphatic hydroxyl groups is 1. The van der Waals surface area contributed by atoms with Crippen LogP contribution in [0.25, 0.3) is 0 Å². The van der Waals surface area contributed by atoms with Crippen LogP contribution in [0.3, 0.4) is 0 Å². The van der Waals surface area contributed by atoms with E-state index in [9.17, 15) is 13.6 Å². The Kier molecular flexibility index (Phi) is 7.80. The van der Waals surface area contributed by atoms with E-state index < -0.39 is 13.0 Å². The number of hydrogen-bond donors (Lipinski definition) is 2.